The Bertz CT molecular complexity index is 913. The molecule has 0 aliphatic carbocycles. The van der Waals surface area contributed by atoms with Crippen LogP contribution in [-0.2, 0) is 29.0 Å². The summed E-state index contributed by atoms with van der Waals surface area (Å²) in [6.07, 6.45) is 3.89. The van der Waals surface area contributed by atoms with Gasteiger partial charge in [-0.25, -0.2) is 9.97 Å². The van der Waals surface area contributed by atoms with E-state index in [0.717, 1.165) is 47.8 Å². The highest BCUT2D eigenvalue weighted by Gasteiger charge is 2.30. The molecule has 0 radical (unpaired) electrons. The van der Waals surface area contributed by atoms with Crippen LogP contribution in [0, 0.1) is 0 Å². The van der Waals surface area contributed by atoms with Gasteiger partial charge in [-0.05, 0) is 24.1 Å². The molecule has 7 nitrogen and oxygen atoms in total. The van der Waals surface area contributed by atoms with Crippen LogP contribution in [0.4, 0.5) is 0 Å². The summed E-state index contributed by atoms with van der Waals surface area (Å²) < 4.78 is 5.17. The van der Waals surface area contributed by atoms with Gasteiger partial charge in [-0.1, -0.05) is 12.1 Å². The molecule has 1 saturated heterocycles. The first-order chi connectivity index (χ1) is 14.0. The van der Waals surface area contributed by atoms with E-state index in [9.17, 15) is 9.59 Å². The highest BCUT2D eigenvalue weighted by Crippen LogP contribution is 2.27. The maximum atomic E-state index is 12.7. The van der Waals surface area contributed by atoms with Gasteiger partial charge in [0.15, 0.2) is 0 Å². The van der Waals surface area contributed by atoms with Gasteiger partial charge in [0.2, 0.25) is 11.8 Å². The van der Waals surface area contributed by atoms with E-state index >= 15 is 0 Å². The predicted octanol–water partition coefficient (Wildman–Crippen LogP) is 1.95. The number of carbonyl (C=O) groups is 2. The molecule has 0 spiro atoms. The van der Waals surface area contributed by atoms with Gasteiger partial charge in [-0.2, -0.15) is 0 Å². The second-order valence-electron chi connectivity index (χ2n) is 7.74. The highest BCUT2D eigenvalue weighted by atomic mass is 16.5. The number of carbonyl (C=O) groups excluding carboxylic acids is 2. The maximum absolute atomic E-state index is 12.7. The van der Waals surface area contributed by atoms with E-state index in [0.29, 0.717) is 26.1 Å². The van der Waals surface area contributed by atoms with Crippen molar-refractivity contribution in [3.05, 3.63) is 53.1 Å². The average Bonchev–Trinajstić information content (AvgIpc) is 3.24. The van der Waals surface area contributed by atoms with Crippen LogP contribution in [0.3, 0.4) is 0 Å². The summed E-state index contributed by atoms with van der Waals surface area (Å²) in [6.45, 7) is 4.28. The number of aromatic nitrogens is 2. The number of hydrogen-bond donors (Lipinski definition) is 0. The lowest BCUT2D eigenvalue weighted by Gasteiger charge is -2.27. The number of benzene rings is 1. The Morgan fingerprint density at radius 3 is 2.69 bits per heavy atom. The molecule has 2 aliphatic rings. The Hall–Kier alpha value is -2.96. The van der Waals surface area contributed by atoms with E-state index in [1.165, 1.54) is 0 Å². The number of ether oxygens (including phenoxy) is 1. The fourth-order valence-corrected chi connectivity index (χ4v) is 4.02. The molecule has 1 aromatic heterocycles. The third-order valence-corrected chi connectivity index (χ3v) is 5.82. The molecular formula is C22H26N4O3. The number of rotatable bonds is 4. The lowest BCUT2D eigenvalue weighted by Crippen LogP contribution is -2.35. The van der Waals surface area contributed by atoms with Crippen molar-refractivity contribution in [3.63, 3.8) is 0 Å². The van der Waals surface area contributed by atoms with Crippen LogP contribution in [0.1, 0.15) is 41.9 Å². The standard InChI is InChI=1S/C22H26N4O3/c1-15(27)25-10-8-20-18(14-25)12-23-22(24-20)17-7-9-26(13-17)21(28)11-16-3-5-19(29-2)6-4-16/h3-6,12,17H,7-11,13-14H2,1-2H3/t17-/m0/s1. The smallest absolute Gasteiger partial charge is 0.227 e. The van der Waals surface area contributed by atoms with Crippen LogP contribution in [0.2, 0.25) is 0 Å². The molecule has 2 amide bonds. The second-order valence-corrected chi connectivity index (χ2v) is 7.74. The molecule has 3 heterocycles. The Morgan fingerprint density at radius 1 is 1.17 bits per heavy atom. The van der Waals surface area contributed by atoms with Crippen molar-refractivity contribution in [1.82, 2.24) is 19.8 Å². The number of likely N-dealkylation sites (tertiary alicyclic amines) is 1. The fraction of sp³-hybridized carbons (Fsp3) is 0.455. The molecule has 7 heteroatoms. The SMILES string of the molecule is COc1ccc(CC(=O)N2CC[C@H](c3ncc4c(n3)CCN(C(C)=O)C4)C2)cc1. The van der Waals surface area contributed by atoms with Crippen molar-refractivity contribution in [2.24, 2.45) is 0 Å². The minimum Gasteiger partial charge on any atom is -0.497 e. The number of amides is 2. The molecule has 0 unspecified atom stereocenters. The first-order valence-corrected chi connectivity index (χ1v) is 10.0. The van der Waals surface area contributed by atoms with Gasteiger partial charge in [0.05, 0.1) is 19.2 Å². The third-order valence-electron chi connectivity index (χ3n) is 5.82. The summed E-state index contributed by atoms with van der Waals surface area (Å²) >= 11 is 0. The van der Waals surface area contributed by atoms with Crippen LogP contribution in [-0.4, -0.2) is 58.3 Å². The van der Waals surface area contributed by atoms with Crippen molar-refractivity contribution in [2.45, 2.75) is 38.6 Å². The quantitative estimate of drug-likeness (QED) is 0.792. The molecule has 29 heavy (non-hydrogen) atoms. The Morgan fingerprint density at radius 2 is 1.97 bits per heavy atom. The highest BCUT2D eigenvalue weighted by molar-refractivity contribution is 5.79. The van der Waals surface area contributed by atoms with E-state index < -0.39 is 0 Å². The third kappa shape index (κ3) is 4.23. The van der Waals surface area contributed by atoms with E-state index in [1.807, 2.05) is 40.3 Å². The van der Waals surface area contributed by atoms with Gasteiger partial charge in [-0.3, -0.25) is 9.59 Å². The molecule has 0 bridgehead atoms. The molecule has 1 atom stereocenters. The van der Waals surface area contributed by atoms with Crippen molar-refractivity contribution in [1.29, 1.82) is 0 Å². The molecule has 2 aromatic rings. The van der Waals surface area contributed by atoms with Gasteiger partial charge in [0, 0.05) is 57.2 Å². The largest absolute Gasteiger partial charge is 0.497 e. The van der Waals surface area contributed by atoms with Crippen molar-refractivity contribution < 1.29 is 14.3 Å². The zero-order valence-electron chi connectivity index (χ0n) is 16.9. The number of nitrogens with zero attached hydrogens (tertiary/aromatic N) is 4. The van der Waals surface area contributed by atoms with Crippen molar-refractivity contribution >= 4 is 11.8 Å². The summed E-state index contributed by atoms with van der Waals surface area (Å²) in [4.78, 5) is 37.4. The number of hydrogen-bond acceptors (Lipinski definition) is 5. The minimum atomic E-state index is 0.0848. The van der Waals surface area contributed by atoms with E-state index in [1.54, 1.807) is 14.0 Å². The number of methoxy groups -OCH3 is 1. The summed E-state index contributed by atoms with van der Waals surface area (Å²) in [6, 6.07) is 7.62. The monoisotopic (exact) mass is 394 g/mol. The molecule has 1 fully saturated rings. The van der Waals surface area contributed by atoms with Gasteiger partial charge in [0.25, 0.3) is 0 Å². The van der Waals surface area contributed by atoms with Crippen LogP contribution < -0.4 is 4.74 Å². The van der Waals surface area contributed by atoms with Crippen LogP contribution >= 0.6 is 0 Å². The van der Waals surface area contributed by atoms with Crippen molar-refractivity contribution in [3.8, 4) is 5.75 Å². The van der Waals surface area contributed by atoms with Gasteiger partial charge < -0.3 is 14.5 Å². The Balaban J connectivity index is 1.38. The van der Waals surface area contributed by atoms with E-state index in [-0.39, 0.29) is 17.7 Å². The van der Waals surface area contributed by atoms with E-state index in [4.69, 9.17) is 9.72 Å². The summed E-state index contributed by atoms with van der Waals surface area (Å²) in [5.74, 6) is 2.00. The van der Waals surface area contributed by atoms with Gasteiger partial charge >= 0.3 is 0 Å². The fourth-order valence-electron chi connectivity index (χ4n) is 4.02. The molecule has 0 N–H and O–H groups in total. The van der Waals surface area contributed by atoms with Crippen molar-refractivity contribution in [2.75, 3.05) is 26.7 Å². The second kappa shape index (κ2) is 8.19. The van der Waals surface area contributed by atoms with Gasteiger partial charge in [0.1, 0.15) is 11.6 Å². The zero-order chi connectivity index (χ0) is 20.4. The minimum absolute atomic E-state index is 0.0848. The lowest BCUT2D eigenvalue weighted by molar-refractivity contribution is -0.130. The lowest BCUT2D eigenvalue weighted by atomic mass is 10.0. The van der Waals surface area contributed by atoms with E-state index in [2.05, 4.69) is 4.98 Å². The van der Waals surface area contributed by atoms with Crippen LogP contribution in [0.5, 0.6) is 5.75 Å². The normalized spacial score (nSPS) is 18.5. The topological polar surface area (TPSA) is 75.6 Å². The van der Waals surface area contributed by atoms with Crippen LogP contribution in [0.15, 0.2) is 30.5 Å². The molecule has 4 rings (SSSR count). The molecule has 2 aliphatic heterocycles. The zero-order valence-corrected chi connectivity index (χ0v) is 16.9. The maximum Gasteiger partial charge on any atom is 0.227 e. The summed E-state index contributed by atoms with van der Waals surface area (Å²) in [5, 5.41) is 0. The molecule has 1 aromatic carbocycles. The molecular weight excluding hydrogens is 368 g/mol. The average molecular weight is 394 g/mol. The first kappa shape index (κ1) is 19.4. The summed E-state index contributed by atoms with van der Waals surface area (Å²) in [5.41, 5.74) is 3.05. The van der Waals surface area contributed by atoms with Crippen LogP contribution in [0.25, 0.3) is 0 Å². The predicted molar refractivity (Wildman–Crippen MR) is 107 cm³/mol. The molecule has 152 valence electrons. The number of fused-ring (bicyclic) bond motifs is 1. The van der Waals surface area contributed by atoms with Gasteiger partial charge in [-0.15, -0.1) is 0 Å². The Kier molecular flexibility index (Phi) is 5.47. The molecule has 0 saturated carbocycles. The summed E-state index contributed by atoms with van der Waals surface area (Å²) in [7, 11) is 1.63. The Labute approximate surface area is 170 Å². The first-order valence-electron chi connectivity index (χ1n) is 10.0.